The summed E-state index contributed by atoms with van der Waals surface area (Å²) in [7, 11) is -9.95. The molecule has 22 heteroatoms. The summed E-state index contributed by atoms with van der Waals surface area (Å²) < 4.78 is 61.7. The summed E-state index contributed by atoms with van der Waals surface area (Å²) in [6.45, 7) is 0. The zero-order chi connectivity index (χ0) is 34.5. The van der Waals surface area contributed by atoms with Gasteiger partial charge in [-0.3, -0.25) is 8.57 Å². The fourth-order valence-electron chi connectivity index (χ4n) is 7.15. The van der Waals surface area contributed by atoms with E-state index in [-0.39, 0.29) is 63.4 Å². The van der Waals surface area contributed by atoms with Crippen LogP contribution in [0.3, 0.4) is 0 Å². The standard InChI is InChI=1S/C26H22N4O16S2/c31-19-11-7-1-2-8(12(11)20(32)27(19)39)16-15(7)23(35)29(24(16)36)45-47(41,42)5-6-48(43,44)46-30-25(37)17-9-3-4-10(18(17)26(30)38)14-13(9)21(33)28(40)22(14)34/h1-4,7-10,31-40H,5-6H2. The van der Waals surface area contributed by atoms with E-state index in [1.165, 1.54) is 24.3 Å². The SMILES string of the molecule is O=S(=O)(CCS(=O)(=O)On1c(O)c2c(c1O)C1C=CC2c2c1c(O)n(O)c2O)On1c(O)c2c(c1O)C1C=CC2c2c1c(O)n(O)c2O. The molecule has 4 aromatic rings. The second-order valence-electron chi connectivity index (χ2n) is 11.5. The van der Waals surface area contributed by atoms with Crippen molar-refractivity contribution in [2.45, 2.75) is 23.7 Å². The van der Waals surface area contributed by atoms with Gasteiger partial charge in [-0.1, -0.05) is 33.8 Å². The first kappa shape index (κ1) is 29.5. The summed E-state index contributed by atoms with van der Waals surface area (Å²) in [5.74, 6) is -13.7. The summed E-state index contributed by atoms with van der Waals surface area (Å²) >= 11 is 0. The quantitative estimate of drug-likeness (QED) is 0.0855. The van der Waals surface area contributed by atoms with Crippen LogP contribution in [-0.4, -0.2) is 98.5 Å². The highest BCUT2D eigenvalue weighted by molar-refractivity contribution is 7.90. The molecule has 4 atom stereocenters. The Morgan fingerprint density at radius 1 is 0.438 bits per heavy atom. The zero-order valence-electron chi connectivity index (χ0n) is 23.6. The van der Waals surface area contributed by atoms with Gasteiger partial charge >= 0.3 is 20.2 Å². The molecule has 4 unspecified atom stereocenters. The molecule has 0 radical (unpaired) electrons. The van der Waals surface area contributed by atoms with Gasteiger partial charge in [0.05, 0.1) is 0 Å². The molecule has 0 amide bonds. The van der Waals surface area contributed by atoms with Crippen molar-refractivity contribution in [3.05, 3.63) is 68.8 Å². The summed E-state index contributed by atoms with van der Waals surface area (Å²) in [6, 6.07) is 0. The first-order valence-corrected chi connectivity index (χ1v) is 16.9. The van der Waals surface area contributed by atoms with Gasteiger partial charge < -0.3 is 51.3 Å². The Labute approximate surface area is 266 Å². The van der Waals surface area contributed by atoms with E-state index in [2.05, 4.69) is 0 Å². The molecule has 4 heterocycles. The molecule has 0 saturated heterocycles. The Morgan fingerprint density at radius 3 is 0.875 bits per heavy atom. The van der Waals surface area contributed by atoms with Gasteiger partial charge in [0.1, 0.15) is 11.5 Å². The molecule has 0 fully saturated rings. The van der Waals surface area contributed by atoms with E-state index in [0.717, 1.165) is 0 Å². The van der Waals surface area contributed by atoms with E-state index in [1.54, 1.807) is 0 Å². The Morgan fingerprint density at radius 2 is 0.646 bits per heavy atom. The largest absolute Gasteiger partial charge is 0.492 e. The number of hydrogen-bond donors (Lipinski definition) is 10. The van der Waals surface area contributed by atoms with Crippen molar-refractivity contribution >= 4 is 20.2 Å². The number of hydrogen-bond acceptors (Lipinski definition) is 16. The number of aromatic hydroxyl groups is 8. The normalized spacial score (nSPS) is 21.2. The first-order chi connectivity index (χ1) is 22.5. The van der Waals surface area contributed by atoms with Crippen LogP contribution in [0.1, 0.15) is 68.2 Å². The molecule has 0 aromatic carbocycles. The van der Waals surface area contributed by atoms with Gasteiger partial charge in [-0.15, -0.1) is 9.46 Å². The Balaban J connectivity index is 1.04. The first-order valence-electron chi connectivity index (χ1n) is 13.7. The molecular weight excluding hydrogens is 688 g/mol. The van der Waals surface area contributed by atoms with Crippen LogP contribution in [0.4, 0.5) is 0 Å². The molecule has 0 spiro atoms. The Hall–Kier alpha value is -5.90. The molecule has 10 N–H and O–H groups in total. The molecule has 4 aromatic heterocycles. The summed E-state index contributed by atoms with van der Waals surface area (Å²) in [6.07, 6.45) is 5.87. The topological polar surface area (TPSA) is 309 Å². The van der Waals surface area contributed by atoms with Crippen LogP contribution in [0, 0.1) is 0 Å². The van der Waals surface area contributed by atoms with Gasteiger partial charge in [-0.05, 0) is 0 Å². The summed E-state index contributed by atoms with van der Waals surface area (Å²) in [4.78, 5) is 0. The predicted octanol–water partition coefficient (Wildman–Crippen LogP) is -0.477. The third kappa shape index (κ3) is 3.46. The van der Waals surface area contributed by atoms with E-state index in [0.29, 0.717) is 0 Å². The van der Waals surface area contributed by atoms with Gasteiger partial charge in [0.15, 0.2) is 0 Å². The maximum atomic E-state index is 12.9. The Kier molecular flexibility index (Phi) is 5.48. The van der Waals surface area contributed by atoms with Crippen LogP contribution < -0.4 is 8.57 Å². The Bertz CT molecular complexity index is 2140. The van der Waals surface area contributed by atoms with Crippen molar-refractivity contribution in [2.24, 2.45) is 0 Å². The average molecular weight is 711 g/mol. The highest BCUT2D eigenvalue weighted by Gasteiger charge is 2.49. The van der Waals surface area contributed by atoms with Gasteiger partial charge in [0, 0.05) is 68.2 Å². The van der Waals surface area contributed by atoms with Crippen molar-refractivity contribution in [2.75, 3.05) is 11.5 Å². The fraction of sp³-hybridized carbons (Fsp3) is 0.231. The lowest BCUT2D eigenvalue weighted by Crippen LogP contribution is -2.30. The summed E-state index contributed by atoms with van der Waals surface area (Å²) in [5.41, 5.74) is -0.534. The van der Waals surface area contributed by atoms with Crippen LogP contribution in [0.25, 0.3) is 0 Å². The van der Waals surface area contributed by atoms with Crippen molar-refractivity contribution in [1.29, 1.82) is 0 Å². The molecule has 254 valence electrons. The minimum absolute atomic E-state index is 0.0174. The third-order valence-electron chi connectivity index (χ3n) is 9.10. The van der Waals surface area contributed by atoms with Crippen LogP contribution >= 0.6 is 0 Å². The van der Waals surface area contributed by atoms with Crippen molar-refractivity contribution < 1.29 is 76.7 Å². The van der Waals surface area contributed by atoms with E-state index in [1.807, 2.05) is 0 Å². The van der Waals surface area contributed by atoms with E-state index in [4.69, 9.17) is 8.57 Å². The molecule has 0 aliphatic heterocycles. The minimum Gasteiger partial charge on any atom is -0.492 e. The van der Waals surface area contributed by atoms with Crippen molar-refractivity contribution in [3.8, 4) is 47.0 Å². The summed E-state index contributed by atoms with van der Waals surface area (Å²) in [5, 5.41) is 104. The number of nitrogens with zero attached hydrogens (tertiary/aromatic N) is 4. The molecule has 0 saturated carbocycles. The van der Waals surface area contributed by atoms with Crippen LogP contribution in [0.5, 0.6) is 47.0 Å². The van der Waals surface area contributed by atoms with Gasteiger partial charge in [0.25, 0.3) is 0 Å². The monoisotopic (exact) mass is 710 g/mol. The molecule has 20 nitrogen and oxygen atoms in total. The zero-order valence-corrected chi connectivity index (χ0v) is 25.2. The predicted molar refractivity (Wildman–Crippen MR) is 152 cm³/mol. The smallest absolute Gasteiger partial charge is 0.328 e. The fourth-order valence-corrected chi connectivity index (χ4v) is 9.67. The van der Waals surface area contributed by atoms with Gasteiger partial charge in [-0.25, -0.2) is 0 Å². The number of aromatic nitrogens is 4. The van der Waals surface area contributed by atoms with Crippen LogP contribution in [-0.2, 0) is 20.2 Å². The maximum absolute atomic E-state index is 12.9. The molecule has 4 bridgehead atoms. The third-order valence-corrected chi connectivity index (χ3v) is 11.5. The lowest BCUT2D eigenvalue weighted by molar-refractivity contribution is 0.129. The van der Waals surface area contributed by atoms with Crippen LogP contribution in [0.15, 0.2) is 24.3 Å². The highest BCUT2D eigenvalue weighted by atomic mass is 32.2. The lowest BCUT2D eigenvalue weighted by atomic mass is 9.70. The van der Waals surface area contributed by atoms with Crippen molar-refractivity contribution in [1.82, 2.24) is 18.9 Å². The van der Waals surface area contributed by atoms with Crippen LogP contribution in [0.2, 0.25) is 0 Å². The van der Waals surface area contributed by atoms with E-state index < -0.39 is 102 Å². The van der Waals surface area contributed by atoms with Crippen molar-refractivity contribution in [3.63, 3.8) is 0 Å². The number of allylic oxidation sites excluding steroid dienone is 4. The highest BCUT2D eigenvalue weighted by Crippen LogP contribution is 2.61. The molecule has 6 aliphatic carbocycles. The molecule has 48 heavy (non-hydrogen) atoms. The van der Waals surface area contributed by atoms with Gasteiger partial charge in [-0.2, -0.15) is 16.8 Å². The van der Waals surface area contributed by atoms with Gasteiger partial charge in [0.2, 0.25) is 47.0 Å². The second-order valence-corrected chi connectivity index (χ2v) is 14.8. The molecular formula is C26H22N4O16S2. The second kappa shape index (κ2) is 8.92. The number of rotatable bonds is 7. The molecule has 10 rings (SSSR count). The van der Waals surface area contributed by atoms with E-state index in [9.17, 15) is 68.1 Å². The average Bonchev–Trinajstić information content (AvgIpc) is 3.65. The molecule has 6 aliphatic rings. The minimum atomic E-state index is -4.97. The maximum Gasteiger partial charge on any atom is 0.328 e. The lowest BCUT2D eigenvalue weighted by Gasteiger charge is -2.30. The van der Waals surface area contributed by atoms with E-state index >= 15 is 0 Å².